The van der Waals surface area contributed by atoms with Crippen molar-refractivity contribution in [3.8, 4) is 0 Å². The van der Waals surface area contributed by atoms with Gasteiger partial charge in [0.2, 0.25) is 0 Å². The van der Waals surface area contributed by atoms with E-state index in [1.54, 1.807) is 17.7 Å². The third-order valence-electron chi connectivity index (χ3n) is 3.34. The number of hydrogen-bond donors (Lipinski definition) is 0. The van der Waals surface area contributed by atoms with Crippen molar-refractivity contribution in [2.45, 2.75) is 13.3 Å². The van der Waals surface area contributed by atoms with E-state index in [-0.39, 0.29) is 0 Å². The topological polar surface area (TPSA) is 29.0 Å². The first kappa shape index (κ1) is 11.4. The smallest absolute Gasteiger partial charge is 0.141 e. The minimum atomic E-state index is 0.749. The van der Waals surface area contributed by atoms with Crippen molar-refractivity contribution in [2.75, 3.05) is 23.3 Å². The Balaban J connectivity index is 2.03. The van der Waals surface area contributed by atoms with Gasteiger partial charge in [-0.05, 0) is 30.2 Å². The summed E-state index contributed by atoms with van der Waals surface area (Å²) in [6.45, 7) is 4.36. The van der Waals surface area contributed by atoms with E-state index in [2.05, 4.69) is 43.1 Å². The number of halogens is 1. The lowest BCUT2D eigenvalue weighted by molar-refractivity contribution is 0.675. The molecule has 17 heavy (non-hydrogen) atoms. The fraction of sp³-hybridized carbons (Fsp3) is 0.500. The molecule has 1 saturated heterocycles. The largest absolute Gasteiger partial charge is 0.356 e. The average molecular weight is 312 g/mol. The highest BCUT2D eigenvalue weighted by atomic mass is 79.9. The highest BCUT2D eigenvalue weighted by Crippen LogP contribution is 2.33. The lowest BCUT2D eigenvalue weighted by Gasteiger charge is -2.18. The molecule has 2 aromatic rings. The standard InChI is InChI=1S/C12H14BrN3S/c1-8-6-17-12-10(8)11(14-7-15-12)16-3-2-9(4-13)5-16/h6-7,9H,2-5H2,1H3. The molecule has 1 atom stereocenters. The number of aryl methyl sites for hydroxylation is 1. The number of aromatic nitrogens is 2. The van der Waals surface area contributed by atoms with Crippen LogP contribution in [-0.2, 0) is 0 Å². The zero-order chi connectivity index (χ0) is 11.8. The van der Waals surface area contributed by atoms with Gasteiger partial charge in [-0.25, -0.2) is 9.97 Å². The van der Waals surface area contributed by atoms with Crippen molar-refractivity contribution in [2.24, 2.45) is 5.92 Å². The molecule has 0 aliphatic carbocycles. The molecule has 1 aliphatic heterocycles. The fourth-order valence-electron chi connectivity index (χ4n) is 2.39. The number of anilines is 1. The molecule has 1 fully saturated rings. The van der Waals surface area contributed by atoms with Crippen LogP contribution in [0, 0.1) is 12.8 Å². The molecule has 0 amide bonds. The van der Waals surface area contributed by atoms with Crippen LogP contribution in [0.25, 0.3) is 10.2 Å². The molecular formula is C12H14BrN3S. The maximum Gasteiger partial charge on any atom is 0.141 e. The van der Waals surface area contributed by atoms with E-state index in [1.807, 2.05) is 0 Å². The Morgan fingerprint density at radius 2 is 2.41 bits per heavy atom. The Kier molecular flexibility index (Phi) is 3.04. The van der Waals surface area contributed by atoms with Gasteiger partial charge in [-0.2, -0.15) is 0 Å². The number of nitrogens with zero attached hydrogens (tertiary/aromatic N) is 3. The number of rotatable bonds is 2. The molecule has 2 aromatic heterocycles. The summed E-state index contributed by atoms with van der Waals surface area (Å²) in [5, 5.41) is 4.49. The van der Waals surface area contributed by atoms with Gasteiger partial charge in [0.25, 0.3) is 0 Å². The van der Waals surface area contributed by atoms with Gasteiger partial charge in [-0.3, -0.25) is 0 Å². The molecule has 3 heterocycles. The second-order valence-electron chi connectivity index (χ2n) is 4.55. The first-order valence-electron chi connectivity index (χ1n) is 5.79. The molecule has 3 rings (SSSR count). The zero-order valence-electron chi connectivity index (χ0n) is 9.69. The second kappa shape index (κ2) is 4.53. The van der Waals surface area contributed by atoms with Crippen molar-refractivity contribution in [3.05, 3.63) is 17.3 Å². The maximum atomic E-state index is 4.50. The fourth-order valence-corrected chi connectivity index (χ4v) is 3.80. The molecule has 1 unspecified atom stereocenters. The average Bonchev–Trinajstić information content (AvgIpc) is 2.96. The van der Waals surface area contributed by atoms with E-state index < -0.39 is 0 Å². The number of alkyl halides is 1. The predicted octanol–water partition coefficient (Wildman–Crippen LogP) is 3.22. The minimum absolute atomic E-state index is 0.749. The van der Waals surface area contributed by atoms with Gasteiger partial charge < -0.3 is 4.90 Å². The highest BCUT2D eigenvalue weighted by Gasteiger charge is 2.24. The number of thiophene rings is 1. The molecule has 0 saturated carbocycles. The Bertz CT molecular complexity index is 540. The maximum absolute atomic E-state index is 4.50. The van der Waals surface area contributed by atoms with Gasteiger partial charge in [-0.1, -0.05) is 15.9 Å². The summed E-state index contributed by atoms with van der Waals surface area (Å²) < 4.78 is 0. The number of hydrogen-bond acceptors (Lipinski definition) is 4. The summed E-state index contributed by atoms with van der Waals surface area (Å²) in [7, 11) is 0. The van der Waals surface area contributed by atoms with E-state index in [4.69, 9.17) is 0 Å². The van der Waals surface area contributed by atoms with Crippen molar-refractivity contribution < 1.29 is 0 Å². The lowest BCUT2D eigenvalue weighted by atomic mass is 10.2. The highest BCUT2D eigenvalue weighted by molar-refractivity contribution is 9.09. The van der Waals surface area contributed by atoms with Crippen LogP contribution in [0.15, 0.2) is 11.7 Å². The van der Waals surface area contributed by atoms with E-state index in [0.717, 1.165) is 35.0 Å². The van der Waals surface area contributed by atoms with Crippen LogP contribution in [0.4, 0.5) is 5.82 Å². The normalized spacial score (nSPS) is 20.4. The molecule has 1 aliphatic rings. The van der Waals surface area contributed by atoms with Gasteiger partial charge in [0.15, 0.2) is 0 Å². The van der Waals surface area contributed by atoms with Crippen molar-refractivity contribution in [3.63, 3.8) is 0 Å². The van der Waals surface area contributed by atoms with E-state index in [9.17, 15) is 0 Å². The molecule has 0 spiro atoms. The summed E-state index contributed by atoms with van der Waals surface area (Å²) in [5.41, 5.74) is 1.29. The summed E-state index contributed by atoms with van der Waals surface area (Å²) in [4.78, 5) is 12.3. The SMILES string of the molecule is Cc1csc2ncnc(N3CCC(CBr)C3)c12. The quantitative estimate of drug-likeness (QED) is 0.797. The lowest BCUT2D eigenvalue weighted by Crippen LogP contribution is -2.21. The molecule has 90 valence electrons. The van der Waals surface area contributed by atoms with Crippen LogP contribution < -0.4 is 4.90 Å². The van der Waals surface area contributed by atoms with E-state index in [1.165, 1.54) is 17.4 Å². The molecular weight excluding hydrogens is 298 g/mol. The first-order valence-corrected chi connectivity index (χ1v) is 7.79. The van der Waals surface area contributed by atoms with Gasteiger partial charge >= 0.3 is 0 Å². The summed E-state index contributed by atoms with van der Waals surface area (Å²) in [6, 6.07) is 0. The predicted molar refractivity (Wildman–Crippen MR) is 76.3 cm³/mol. The Morgan fingerprint density at radius 3 is 3.18 bits per heavy atom. The summed E-state index contributed by atoms with van der Waals surface area (Å²) in [5.74, 6) is 1.87. The molecule has 0 bridgehead atoms. The van der Waals surface area contributed by atoms with Gasteiger partial charge in [-0.15, -0.1) is 11.3 Å². The molecule has 5 heteroatoms. The summed E-state index contributed by atoms with van der Waals surface area (Å²) in [6.07, 6.45) is 2.94. The van der Waals surface area contributed by atoms with Crippen LogP contribution in [0.3, 0.4) is 0 Å². The third kappa shape index (κ3) is 1.95. The third-order valence-corrected chi connectivity index (χ3v) is 5.26. The van der Waals surface area contributed by atoms with E-state index in [0.29, 0.717) is 0 Å². The summed E-state index contributed by atoms with van der Waals surface area (Å²) >= 11 is 5.28. The van der Waals surface area contributed by atoms with E-state index >= 15 is 0 Å². The van der Waals surface area contributed by atoms with Crippen LogP contribution >= 0.6 is 27.3 Å². The molecule has 0 aromatic carbocycles. The zero-order valence-corrected chi connectivity index (χ0v) is 12.1. The molecule has 0 N–H and O–H groups in total. The second-order valence-corrected chi connectivity index (χ2v) is 6.06. The number of fused-ring (bicyclic) bond motifs is 1. The van der Waals surface area contributed by atoms with Crippen molar-refractivity contribution >= 4 is 43.3 Å². The van der Waals surface area contributed by atoms with Crippen LogP contribution in [0.5, 0.6) is 0 Å². The Morgan fingerprint density at radius 1 is 1.53 bits per heavy atom. The van der Waals surface area contributed by atoms with Crippen LogP contribution in [0.2, 0.25) is 0 Å². The van der Waals surface area contributed by atoms with Crippen molar-refractivity contribution in [1.82, 2.24) is 9.97 Å². The first-order chi connectivity index (χ1) is 8.29. The van der Waals surface area contributed by atoms with Gasteiger partial charge in [0.05, 0.1) is 5.39 Å². The molecule has 0 radical (unpaired) electrons. The Labute approximate surface area is 113 Å². The molecule has 3 nitrogen and oxygen atoms in total. The van der Waals surface area contributed by atoms with Crippen LogP contribution in [-0.4, -0.2) is 28.4 Å². The Hall–Kier alpha value is -0.680. The van der Waals surface area contributed by atoms with Gasteiger partial charge in [0, 0.05) is 18.4 Å². The van der Waals surface area contributed by atoms with Gasteiger partial charge in [0.1, 0.15) is 17.0 Å². The van der Waals surface area contributed by atoms with Crippen LogP contribution in [0.1, 0.15) is 12.0 Å². The minimum Gasteiger partial charge on any atom is -0.356 e. The van der Waals surface area contributed by atoms with Crippen molar-refractivity contribution in [1.29, 1.82) is 0 Å². The monoisotopic (exact) mass is 311 g/mol.